The van der Waals surface area contributed by atoms with Crippen molar-refractivity contribution < 1.29 is 14.3 Å². The molecule has 2 aromatic rings. The molecule has 1 heterocycles. The summed E-state index contributed by atoms with van der Waals surface area (Å²) in [6, 6.07) is 4.85. The maximum atomic E-state index is 11.7. The molecule has 0 saturated heterocycles. The van der Waals surface area contributed by atoms with Crippen LogP contribution in [0.1, 0.15) is 20.8 Å². The summed E-state index contributed by atoms with van der Waals surface area (Å²) in [7, 11) is 0. The quantitative estimate of drug-likeness (QED) is 0.787. The van der Waals surface area contributed by atoms with Gasteiger partial charge in [-0.1, -0.05) is 33.5 Å². The van der Waals surface area contributed by atoms with E-state index in [1.165, 1.54) is 10.9 Å². The Morgan fingerprint density at radius 3 is 2.64 bits per heavy atom. The predicted molar refractivity (Wildman–Crippen MR) is 82.1 cm³/mol. The average molecular weight is 344 g/mol. The molecule has 2 rings (SSSR count). The number of carbonyl (C=O) groups excluding carboxylic acids is 1. The smallest absolute Gasteiger partial charge is 0.313 e. The van der Waals surface area contributed by atoms with Crippen molar-refractivity contribution in [2.24, 2.45) is 5.41 Å². The van der Waals surface area contributed by atoms with Crippen LogP contribution in [0.5, 0.6) is 11.6 Å². The highest BCUT2D eigenvalue weighted by Gasteiger charge is 2.23. The summed E-state index contributed by atoms with van der Waals surface area (Å²) < 4.78 is 12.0. The molecular formula is C14H15Cl2N3O3. The number of aromatic nitrogens is 3. The minimum absolute atomic E-state index is 0.0339. The van der Waals surface area contributed by atoms with Gasteiger partial charge in [-0.05, 0) is 32.9 Å². The lowest BCUT2D eigenvalue weighted by atomic mass is 9.98. The van der Waals surface area contributed by atoms with Gasteiger partial charge in [0, 0.05) is 6.07 Å². The van der Waals surface area contributed by atoms with Gasteiger partial charge in [-0.3, -0.25) is 4.79 Å². The van der Waals surface area contributed by atoms with E-state index in [4.69, 9.17) is 32.7 Å². The van der Waals surface area contributed by atoms with Crippen LogP contribution in [-0.2, 0) is 16.3 Å². The van der Waals surface area contributed by atoms with Gasteiger partial charge in [-0.15, -0.1) is 0 Å². The minimum atomic E-state index is -0.569. The maximum absolute atomic E-state index is 11.7. The molecule has 8 heteroatoms. The minimum Gasteiger partial charge on any atom is -0.442 e. The summed E-state index contributed by atoms with van der Waals surface area (Å²) >= 11 is 11.7. The number of hydrogen-bond donors (Lipinski definition) is 0. The summed E-state index contributed by atoms with van der Waals surface area (Å²) in [6.07, 6.45) is 1.51. The number of ether oxygens (including phenoxy) is 2. The van der Waals surface area contributed by atoms with Crippen LogP contribution in [0, 0.1) is 5.41 Å². The van der Waals surface area contributed by atoms with Crippen molar-refractivity contribution in [3.8, 4) is 11.6 Å². The monoisotopic (exact) mass is 343 g/mol. The fraction of sp³-hybridized carbons (Fsp3) is 0.357. The van der Waals surface area contributed by atoms with Crippen LogP contribution in [0.15, 0.2) is 24.4 Å². The lowest BCUT2D eigenvalue weighted by Gasteiger charge is -2.15. The highest BCUT2D eigenvalue weighted by atomic mass is 35.5. The summed E-state index contributed by atoms with van der Waals surface area (Å²) in [5.74, 6) is 0.410. The Kier molecular flexibility index (Phi) is 4.93. The van der Waals surface area contributed by atoms with Crippen LogP contribution in [0.25, 0.3) is 0 Å². The third-order valence-electron chi connectivity index (χ3n) is 2.57. The molecule has 0 aliphatic rings. The Morgan fingerprint density at radius 2 is 2.00 bits per heavy atom. The zero-order chi connectivity index (χ0) is 16.3. The lowest BCUT2D eigenvalue weighted by molar-refractivity contribution is -0.157. The second kappa shape index (κ2) is 6.54. The van der Waals surface area contributed by atoms with Crippen LogP contribution in [0.2, 0.25) is 10.0 Å². The van der Waals surface area contributed by atoms with E-state index in [9.17, 15) is 4.79 Å². The first-order valence-corrected chi connectivity index (χ1v) is 7.21. The molecule has 0 amide bonds. The van der Waals surface area contributed by atoms with Gasteiger partial charge in [0.05, 0.1) is 21.7 Å². The Balaban J connectivity index is 1.96. The number of carbonyl (C=O) groups is 1. The molecule has 0 unspecified atom stereocenters. The summed E-state index contributed by atoms with van der Waals surface area (Å²) in [6.45, 7) is 5.29. The summed E-state index contributed by atoms with van der Waals surface area (Å²) in [4.78, 5) is 11.7. The Bertz CT molecular complexity index is 680. The van der Waals surface area contributed by atoms with Gasteiger partial charge >= 0.3 is 5.97 Å². The molecule has 1 aromatic heterocycles. The van der Waals surface area contributed by atoms with Gasteiger partial charge in [0.2, 0.25) is 0 Å². The van der Waals surface area contributed by atoms with Gasteiger partial charge < -0.3 is 9.47 Å². The van der Waals surface area contributed by atoms with E-state index < -0.39 is 5.41 Å². The van der Waals surface area contributed by atoms with Gasteiger partial charge in [0.25, 0.3) is 5.88 Å². The van der Waals surface area contributed by atoms with Crippen molar-refractivity contribution in [3.63, 3.8) is 0 Å². The zero-order valence-corrected chi connectivity index (χ0v) is 13.9. The molecule has 0 N–H and O–H groups in total. The molecule has 1 aromatic carbocycles. The van der Waals surface area contributed by atoms with Crippen molar-refractivity contribution in [3.05, 3.63) is 34.4 Å². The molecule has 22 heavy (non-hydrogen) atoms. The molecule has 0 radical (unpaired) electrons. The van der Waals surface area contributed by atoms with Gasteiger partial charge in [-0.25, -0.2) is 4.68 Å². The van der Waals surface area contributed by atoms with Gasteiger partial charge in [-0.2, -0.15) is 0 Å². The molecule has 0 aliphatic heterocycles. The Hall–Kier alpha value is -1.79. The first-order chi connectivity index (χ1) is 10.3. The third-order valence-corrected chi connectivity index (χ3v) is 3.31. The van der Waals surface area contributed by atoms with E-state index in [2.05, 4.69) is 10.3 Å². The van der Waals surface area contributed by atoms with Crippen LogP contribution >= 0.6 is 23.2 Å². The molecule has 6 nitrogen and oxygen atoms in total. The van der Waals surface area contributed by atoms with Crippen molar-refractivity contribution in [2.45, 2.75) is 27.5 Å². The molecule has 0 atom stereocenters. The number of esters is 1. The van der Waals surface area contributed by atoms with Crippen LogP contribution in [0.3, 0.4) is 0 Å². The van der Waals surface area contributed by atoms with Crippen molar-refractivity contribution in [1.29, 1.82) is 0 Å². The number of nitrogens with zero attached hydrogens (tertiary/aromatic N) is 3. The predicted octanol–water partition coefficient (Wildman–Crippen LogP) is 3.92. The van der Waals surface area contributed by atoms with E-state index in [1.807, 2.05) is 0 Å². The topological polar surface area (TPSA) is 66.2 Å². The second-order valence-electron chi connectivity index (χ2n) is 5.59. The summed E-state index contributed by atoms with van der Waals surface area (Å²) in [5, 5.41) is 8.46. The van der Waals surface area contributed by atoms with E-state index >= 15 is 0 Å². The number of benzene rings is 1. The average Bonchev–Trinajstić information content (AvgIpc) is 2.87. The van der Waals surface area contributed by atoms with Gasteiger partial charge in [0.15, 0.2) is 6.73 Å². The van der Waals surface area contributed by atoms with Crippen LogP contribution in [-0.4, -0.2) is 21.0 Å². The molecule has 0 bridgehead atoms. The fourth-order valence-electron chi connectivity index (χ4n) is 1.39. The number of rotatable bonds is 4. The second-order valence-corrected chi connectivity index (χ2v) is 6.40. The highest BCUT2D eigenvalue weighted by Crippen LogP contribution is 2.28. The molecular weight excluding hydrogens is 329 g/mol. The first-order valence-electron chi connectivity index (χ1n) is 6.46. The SMILES string of the molecule is CC(C)(C)C(=O)OCn1cc(Oc2ccc(Cl)c(Cl)c2)nn1. The van der Waals surface area contributed by atoms with Crippen molar-refractivity contribution in [2.75, 3.05) is 0 Å². The van der Waals surface area contributed by atoms with Crippen molar-refractivity contribution in [1.82, 2.24) is 15.0 Å². The maximum Gasteiger partial charge on any atom is 0.313 e. The number of hydrogen-bond acceptors (Lipinski definition) is 5. The first kappa shape index (κ1) is 16.6. The molecule has 0 spiro atoms. The van der Waals surface area contributed by atoms with Gasteiger partial charge in [0.1, 0.15) is 5.75 Å². The van der Waals surface area contributed by atoms with E-state index in [1.54, 1.807) is 39.0 Å². The standard InChI is InChI=1S/C14H15Cl2N3O3/c1-14(2,3)13(20)21-8-19-7-12(17-18-19)22-9-4-5-10(15)11(16)6-9/h4-7H,8H2,1-3H3. The van der Waals surface area contributed by atoms with Crippen molar-refractivity contribution >= 4 is 29.2 Å². The van der Waals surface area contributed by atoms with E-state index in [-0.39, 0.29) is 18.6 Å². The van der Waals surface area contributed by atoms with E-state index in [0.29, 0.717) is 15.8 Å². The summed E-state index contributed by atoms with van der Waals surface area (Å²) in [5.41, 5.74) is -0.569. The third kappa shape index (κ3) is 4.35. The Labute approximate surface area is 137 Å². The lowest BCUT2D eigenvalue weighted by Crippen LogP contribution is -2.24. The molecule has 0 saturated carbocycles. The largest absolute Gasteiger partial charge is 0.442 e. The van der Waals surface area contributed by atoms with E-state index in [0.717, 1.165) is 0 Å². The molecule has 0 aliphatic carbocycles. The zero-order valence-electron chi connectivity index (χ0n) is 12.3. The molecule has 0 fully saturated rings. The number of halogens is 2. The normalized spacial score (nSPS) is 11.3. The highest BCUT2D eigenvalue weighted by molar-refractivity contribution is 6.42. The molecule has 118 valence electrons. The fourth-order valence-corrected chi connectivity index (χ4v) is 1.68. The van der Waals surface area contributed by atoms with Crippen LogP contribution < -0.4 is 4.74 Å². The van der Waals surface area contributed by atoms with Crippen LogP contribution in [0.4, 0.5) is 0 Å². The Morgan fingerprint density at radius 1 is 1.27 bits per heavy atom.